The normalized spacial score (nSPS) is 10.3. The molecule has 2 rings (SSSR count). The standard InChI is InChI=1S/C13H11F2NO3/c1-18-13(17)9-5-12(11(15)6-10(9)14)16-7-8-3-2-4-19-8/h2-6,16H,7H2,1H3. The largest absolute Gasteiger partial charge is 0.467 e. The monoisotopic (exact) mass is 267 g/mol. The van der Waals surface area contributed by atoms with Gasteiger partial charge in [-0.05, 0) is 18.2 Å². The van der Waals surface area contributed by atoms with Gasteiger partial charge in [-0.25, -0.2) is 13.6 Å². The number of methoxy groups -OCH3 is 1. The Bertz CT molecular complexity index is 582. The Morgan fingerprint density at radius 3 is 2.79 bits per heavy atom. The molecule has 19 heavy (non-hydrogen) atoms. The molecule has 100 valence electrons. The molecule has 0 amide bonds. The number of carbonyl (C=O) groups excluding carboxylic acids is 1. The van der Waals surface area contributed by atoms with Crippen LogP contribution in [0.2, 0.25) is 0 Å². The van der Waals surface area contributed by atoms with Crippen LogP contribution in [0.5, 0.6) is 0 Å². The Morgan fingerprint density at radius 2 is 2.16 bits per heavy atom. The zero-order valence-electron chi connectivity index (χ0n) is 10.1. The molecule has 0 spiro atoms. The van der Waals surface area contributed by atoms with Crippen LogP contribution in [0.4, 0.5) is 14.5 Å². The number of rotatable bonds is 4. The van der Waals surface area contributed by atoms with Crippen LogP contribution >= 0.6 is 0 Å². The summed E-state index contributed by atoms with van der Waals surface area (Å²) in [5, 5.41) is 2.72. The second-order valence-corrected chi connectivity index (χ2v) is 3.74. The quantitative estimate of drug-likeness (QED) is 0.865. The number of furan rings is 1. The fraction of sp³-hybridized carbons (Fsp3) is 0.154. The number of carbonyl (C=O) groups is 1. The van der Waals surface area contributed by atoms with E-state index in [9.17, 15) is 13.6 Å². The highest BCUT2D eigenvalue weighted by Gasteiger charge is 2.16. The lowest BCUT2D eigenvalue weighted by Gasteiger charge is -2.08. The third-order valence-corrected chi connectivity index (χ3v) is 2.50. The number of benzene rings is 1. The van der Waals surface area contributed by atoms with Gasteiger partial charge in [0.25, 0.3) is 0 Å². The molecule has 4 nitrogen and oxygen atoms in total. The Balaban J connectivity index is 2.22. The first-order valence-corrected chi connectivity index (χ1v) is 5.45. The van der Waals surface area contributed by atoms with Crippen molar-refractivity contribution >= 4 is 11.7 Å². The summed E-state index contributed by atoms with van der Waals surface area (Å²) in [5.41, 5.74) is -0.330. The van der Waals surface area contributed by atoms with Crippen LogP contribution in [0.25, 0.3) is 0 Å². The molecule has 0 aliphatic carbocycles. The van der Waals surface area contributed by atoms with E-state index in [0.717, 1.165) is 13.2 Å². The van der Waals surface area contributed by atoms with Crippen LogP contribution in [-0.2, 0) is 11.3 Å². The number of hydrogen-bond acceptors (Lipinski definition) is 4. The first-order valence-electron chi connectivity index (χ1n) is 5.45. The van der Waals surface area contributed by atoms with Crippen molar-refractivity contribution in [3.05, 3.63) is 53.5 Å². The number of esters is 1. The summed E-state index contributed by atoms with van der Waals surface area (Å²) in [4.78, 5) is 11.3. The van der Waals surface area contributed by atoms with E-state index in [-0.39, 0.29) is 17.8 Å². The molecule has 2 aromatic rings. The molecule has 1 heterocycles. The molecule has 0 atom stereocenters. The summed E-state index contributed by atoms with van der Waals surface area (Å²) in [7, 11) is 1.13. The first-order chi connectivity index (χ1) is 9.11. The molecule has 0 unspecified atom stereocenters. The van der Waals surface area contributed by atoms with Gasteiger partial charge >= 0.3 is 5.97 Å². The van der Waals surface area contributed by atoms with Crippen molar-refractivity contribution in [3.63, 3.8) is 0 Å². The fourth-order valence-electron chi connectivity index (χ4n) is 1.55. The number of halogens is 2. The second kappa shape index (κ2) is 5.51. The van der Waals surface area contributed by atoms with Crippen molar-refractivity contribution < 1.29 is 22.7 Å². The van der Waals surface area contributed by atoms with E-state index >= 15 is 0 Å². The van der Waals surface area contributed by atoms with Crippen LogP contribution in [0, 0.1) is 11.6 Å². The predicted octanol–water partition coefficient (Wildman–Crippen LogP) is 2.96. The van der Waals surface area contributed by atoms with Gasteiger partial charge in [0.05, 0.1) is 31.2 Å². The van der Waals surface area contributed by atoms with E-state index in [2.05, 4.69) is 10.1 Å². The molecule has 1 aromatic carbocycles. The van der Waals surface area contributed by atoms with Crippen molar-refractivity contribution in [2.24, 2.45) is 0 Å². The van der Waals surface area contributed by atoms with E-state index in [0.29, 0.717) is 11.8 Å². The van der Waals surface area contributed by atoms with Crippen LogP contribution in [-0.4, -0.2) is 13.1 Å². The maximum absolute atomic E-state index is 13.5. The highest BCUT2D eigenvalue weighted by atomic mass is 19.1. The molecule has 0 bridgehead atoms. The molecular formula is C13H11F2NO3. The van der Waals surface area contributed by atoms with E-state index < -0.39 is 17.6 Å². The van der Waals surface area contributed by atoms with Gasteiger partial charge in [0.1, 0.15) is 17.4 Å². The van der Waals surface area contributed by atoms with Gasteiger partial charge in [-0.1, -0.05) is 0 Å². The first kappa shape index (κ1) is 13.1. The van der Waals surface area contributed by atoms with Crippen LogP contribution in [0.15, 0.2) is 34.9 Å². The minimum absolute atomic E-state index is 0.00167. The average Bonchev–Trinajstić information content (AvgIpc) is 2.90. The third kappa shape index (κ3) is 2.90. The van der Waals surface area contributed by atoms with Gasteiger partial charge in [-0.2, -0.15) is 0 Å². The van der Waals surface area contributed by atoms with Gasteiger partial charge in [0.15, 0.2) is 0 Å². The highest BCUT2D eigenvalue weighted by molar-refractivity contribution is 5.90. The van der Waals surface area contributed by atoms with Crippen LogP contribution in [0.1, 0.15) is 16.1 Å². The Kier molecular flexibility index (Phi) is 3.79. The molecule has 6 heteroatoms. The minimum atomic E-state index is -0.965. The van der Waals surface area contributed by atoms with Crippen LogP contribution < -0.4 is 5.32 Å². The van der Waals surface area contributed by atoms with Gasteiger partial charge in [0, 0.05) is 6.07 Å². The molecule has 1 aromatic heterocycles. The number of hydrogen-bond donors (Lipinski definition) is 1. The van der Waals surface area contributed by atoms with E-state index in [1.165, 1.54) is 6.26 Å². The van der Waals surface area contributed by atoms with Crippen LogP contribution in [0.3, 0.4) is 0 Å². The van der Waals surface area contributed by atoms with E-state index in [1.807, 2.05) is 0 Å². The van der Waals surface area contributed by atoms with Gasteiger partial charge < -0.3 is 14.5 Å². The topological polar surface area (TPSA) is 51.5 Å². The smallest absolute Gasteiger partial charge is 0.340 e. The molecule has 0 fully saturated rings. The minimum Gasteiger partial charge on any atom is -0.467 e. The lowest BCUT2D eigenvalue weighted by molar-refractivity contribution is 0.0595. The fourth-order valence-corrected chi connectivity index (χ4v) is 1.55. The number of ether oxygens (including phenoxy) is 1. The summed E-state index contributed by atoms with van der Waals surface area (Å²) < 4.78 is 36.4. The maximum Gasteiger partial charge on any atom is 0.340 e. The zero-order valence-corrected chi connectivity index (χ0v) is 10.1. The third-order valence-electron chi connectivity index (χ3n) is 2.50. The molecule has 0 saturated carbocycles. The van der Waals surface area contributed by atoms with Gasteiger partial charge in [-0.15, -0.1) is 0 Å². The van der Waals surface area contributed by atoms with Crippen molar-refractivity contribution in [3.8, 4) is 0 Å². The second-order valence-electron chi connectivity index (χ2n) is 3.74. The molecule has 0 radical (unpaired) electrons. The summed E-state index contributed by atoms with van der Waals surface area (Å²) >= 11 is 0. The molecule has 1 N–H and O–H groups in total. The average molecular weight is 267 g/mol. The summed E-state index contributed by atoms with van der Waals surface area (Å²) in [6, 6.07) is 5.10. The Morgan fingerprint density at radius 1 is 1.37 bits per heavy atom. The maximum atomic E-state index is 13.5. The summed E-state index contributed by atoms with van der Waals surface area (Å²) in [6.45, 7) is 0.218. The summed E-state index contributed by atoms with van der Waals surface area (Å²) in [5.74, 6) is -2.04. The van der Waals surface area contributed by atoms with Crippen molar-refractivity contribution in [1.29, 1.82) is 0 Å². The highest BCUT2D eigenvalue weighted by Crippen LogP contribution is 2.21. The van der Waals surface area contributed by atoms with Crippen molar-refractivity contribution in [2.45, 2.75) is 6.54 Å². The molecule has 0 saturated heterocycles. The SMILES string of the molecule is COC(=O)c1cc(NCc2ccco2)c(F)cc1F. The predicted molar refractivity (Wildman–Crippen MR) is 63.7 cm³/mol. The number of nitrogens with one attached hydrogen (secondary N) is 1. The summed E-state index contributed by atoms with van der Waals surface area (Å²) in [6.07, 6.45) is 1.48. The van der Waals surface area contributed by atoms with Gasteiger partial charge in [-0.3, -0.25) is 0 Å². The van der Waals surface area contributed by atoms with Gasteiger partial charge in [0.2, 0.25) is 0 Å². The Hall–Kier alpha value is -2.37. The lowest BCUT2D eigenvalue weighted by Crippen LogP contribution is -2.08. The zero-order chi connectivity index (χ0) is 13.8. The van der Waals surface area contributed by atoms with Crippen molar-refractivity contribution in [1.82, 2.24) is 0 Å². The molecular weight excluding hydrogens is 256 g/mol. The molecule has 0 aliphatic heterocycles. The van der Waals surface area contributed by atoms with E-state index in [1.54, 1.807) is 12.1 Å². The Labute approximate surface area is 108 Å². The molecule has 0 aliphatic rings. The van der Waals surface area contributed by atoms with E-state index in [4.69, 9.17) is 4.42 Å². The lowest BCUT2D eigenvalue weighted by atomic mass is 10.1. The van der Waals surface area contributed by atoms with Crippen molar-refractivity contribution in [2.75, 3.05) is 12.4 Å². The number of anilines is 1.